The summed E-state index contributed by atoms with van der Waals surface area (Å²) in [5, 5.41) is 5.86. The Bertz CT molecular complexity index is 179. The molecule has 0 aliphatic carbocycles. The van der Waals surface area contributed by atoms with Crippen molar-refractivity contribution < 1.29 is 9.53 Å². The van der Waals surface area contributed by atoms with Gasteiger partial charge in [0.2, 0.25) is 5.91 Å². The van der Waals surface area contributed by atoms with Crippen LogP contribution in [0.4, 0.5) is 0 Å². The van der Waals surface area contributed by atoms with Crippen LogP contribution >= 0.6 is 0 Å². The number of carbonyl (C=O) groups is 1. The van der Waals surface area contributed by atoms with Crippen molar-refractivity contribution in [3.63, 3.8) is 0 Å². The van der Waals surface area contributed by atoms with Crippen molar-refractivity contribution in [3.05, 3.63) is 0 Å². The molecule has 1 heterocycles. The monoisotopic (exact) mass is 214 g/mol. The first kappa shape index (κ1) is 12.5. The number of carbonyl (C=O) groups excluding carboxylic acids is 1. The number of amides is 1. The third-order valence-corrected chi connectivity index (χ3v) is 2.66. The highest BCUT2D eigenvalue weighted by atomic mass is 16.5. The number of ether oxygens (including phenoxy) is 1. The Hall–Kier alpha value is -0.610. The molecule has 1 aliphatic rings. The molecule has 4 nitrogen and oxygen atoms in total. The zero-order valence-electron chi connectivity index (χ0n) is 9.55. The molecule has 1 amide bonds. The van der Waals surface area contributed by atoms with E-state index in [1.54, 1.807) is 0 Å². The summed E-state index contributed by atoms with van der Waals surface area (Å²) < 4.78 is 5.56. The van der Waals surface area contributed by atoms with E-state index in [9.17, 15) is 4.79 Å². The van der Waals surface area contributed by atoms with E-state index in [4.69, 9.17) is 4.74 Å². The Morgan fingerprint density at radius 3 is 2.93 bits per heavy atom. The fraction of sp³-hybridized carbons (Fsp3) is 0.909. The molecule has 15 heavy (non-hydrogen) atoms. The lowest BCUT2D eigenvalue weighted by molar-refractivity contribution is -0.122. The van der Waals surface area contributed by atoms with Gasteiger partial charge in [0.25, 0.3) is 0 Å². The van der Waals surface area contributed by atoms with Crippen LogP contribution in [0.1, 0.15) is 32.1 Å². The first-order valence-corrected chi connectivity index (χ1v) is 5.86. The quantitative estimate of drug-likeness (QED) is 0.639. The number of hydrogen-bond acceptors (Lipinski definition) is 3. The minimum atomic E-state index is 0.138. The third-order valence-electron chi connectivity index (χ3n) is 2.66. The zero-order chi connectivity index (χ0) is 10.9. The summed E-state index contributed by atoms with van der Waals surface area (Å²) in [6.07, 6.45) is 5.30. The van der Waals surface area contributed by atoms with Gasteiger partial charge >= 0.3 is 0 Å². The van der Waals surface area contributed by atoms with Crippen LogP contribution in [0.15, 0.2) is 0 Å². The van der Waals surface area contributed by atoms with Crippen LogP contribution in [0.2, 0.25) is 0 Å². The molecule has 1 aliphatic heterocycles. The van der Waals surface area contributed by atoms with Crippen molar-refractivity contribution in [2.45, 2.75) is 38.2 Å². The van der Waals surface area contributed by atoms with Gasteiger partial charge in [-0.05, 0) is 32.7 Å². The van der Waals surface area contributed by atoms with E-state index in [0.717, 1.165) is 26.0 Å². The van der Waals surface area contributed by atoms with Gasteiger partial charge in [0.05, 0.1) is 6.10 Å². The smallest absolute Gasteiger partial charge is 0.220 e. The van der Waals surface area contributed by atoms with Gasteiger partial charge in [-0.3, -0.25) is 4.79 Å². The molecular weight excluding hydrogens is 192 g/mol. The number of rotatable bonds is 6. The molecule has 1 unspecified atom stereocenters. The molecule has 0 aromatic carbocycles. The van der Waals surface area contributed by atoms with E-state index in [0.29, 0.717) is 19.1 Å². The van der Waals surface area contributed by atoms with Gasteiger partial charge in [0.1, 0.15) is 0 Å². The Balaban J connectivity index is 2.00. The maximum atomic E-state index is 11.4. The number of hydrogen-bond donors (Lipinski definition) is 2. The highest BCUT2D eigenvalue weighted by Gasteiger charge is 2.14. The second kappa shape index (κ2) is 7.65. The van der Waals surface area contributed by atoms with E-state index in [1.807, 2.05) is 7.05 Å². The lowest BCUT2D eigenvalue weighted by atomic mass is 10.0. The Morgan fingerprint density at radius 2 is 2.27 bits per heavy atom. The second-order valence-electron chi connectivity index (χ2n) is 3.98. The Labute approximate surface area is 91.8 Å². The van der Waals surface area contributed by atoms with Crippen LogP contribution in [0.25, 0.3) is 0 Å². The van der Waals surface area contributed by atoms with Gasteiger partial charge in [-0.1, -0.05) is 0 Å². The topological polar surface area (TPSA) is 50.4 Å². The van der Waals surface area contributed by atoms with Gasteiger partial charge in [0.15, 0.2) is 0 Å². The van der Waals surface area contributed by atoms with Crippen molar-refractivity contribution in [1.82, 2.24) is 10.6 Å². The highest BCUT2D eigenvalue weighted by Crippen LogP contribution is 2.16. The van der Waals surface area contributed by atoms with Crippen molar-refractivity contribution in [1.29, 1.82) is 0 Å². The molecule has 1 saturated heterocycles. The molecule has 4 heteroatoms. The van der Waals surface area contributed by atoms with Crippen LogP contribution in [0.3, 0.4) is 0 Å². The lowest BCUT2D eigenvalue weighted by Gasteiger charge is -2.22. The standard InChI is InChI=1S/C11H22N2O2/c1-12-7-8-13-11(14)6-5-10-4-2-3-9-15-10/h10,12H,2-9H2,1H3,(H,13,14). The third kappa shape index (κ3) is 5.74. The molecule has 88 valence electrons. The van der Waals surface area contributed by atoms with Crippen molar-refractivity contribution in [2.24, 2.45) is 0 Å². The minimum Gasteiger partial charge on any atom is -0.378 e. The maximum absolute atomic E-state index is 11.4. The molecule has 1 rings (SSSR count). The molecule has 0 aromatic rings. The summed E-state index contributed by atoms with van der Waals surface area (Å²) in [6.45, 7) is 2.40. The van der Waals surface area contributed by atoms with E-state index in [1.165, 1.54) is 12.8 Å². The molecule has 0 radical (unpaired) electrons. The summed E-state index contributed by atoms with van der Waals surface area (Å²) in [4.78, 5) is 11.4. The van der Waals surface area contributed by atoms with Gasteiger partial charge in [-0.25, -0.2) is 0 Å². The molecule has 0 aromatic heterocycles. The summed E-state index contributed by atoms with van der Waals surface area (Å²) in [5.41, 5.74) is 0. The highest BCUT2D eigenvalue weighted by molar-refractivity contribution is 5.75. The van der Waals surface area contributed by atoms with Crippen molar-refractivity contribution >= 4 is 5.91 Å². The van der Waals surface area contributed by atoms with Gasteiger partial charge in [0, 0.05) is 26.1 Å². The lowest BCUT2D eigenvalue weighted by Crippen LogP contribution is -2.31. The first-order valence-electron chi connectivity index (χ1n) is 5.86. The van der Waals surface area contributed by atoms with Gasteiger partial charge in [-0.15, -0.1) is 0 Å². The largest absolute Gasteiger partial charge is 0.378 e. The normalized spacial score (nSPS) is 21.3. The Kier molecular flexibility index (Phi) is 6.36. The predicted octanol–water partition coefficient (Wildman–Crippen LogP) is 0.671. The fourth-order valence-electron chi connectivity index (χ4n) is 1.74. The van der Waals surface area contributed by atoms with Gasteiger partial charge in [-0.2, -0.15) is 0 Å². The fourth-order valence-corrected chi connectivity index (χ4v) is 1.74. The van der Waals surface area contributed by atoms with Gasteiger partial charge < -0.3 is 15.4 Å². The SMILES string of the molecule is CNCCNC(=O)CCC1CCCCO1. The van der Waals surface area contributed by atoms with E-state index in [-0.39, 0.29) is 5.91 Å². The molecular formula is C11H22N2O2. The molecule has 1 fully saturated rings. The summed E-state index contributed by atoms with van der Waals surface area (Å²) in [6, 6.07) is 0. The van der Waals surface area contributed by atoms with Crippen molar-refractivity contribution in [3.8, 4) is 0 Å². The van der Waals surface area contributed by atoms with Crippen LogP contribution in [-0.2, 0) is 9.53 Å². The van der Waals surface area contributed by atoms with Crippen LogP contribution in [0, 0.1) is 0 Å². The van der Waals surface area contributed by atoms with Crippen LogP contribution in [-0.4, -0.2) is 38.8 Å². The van der Waals surface area contributed by atoms with Crippen LogP contribution < -0.4 is 10.6 Å². The summed E-state index contributed by atoms with van der Waals surface area (Å²) in [5.74, 6) is 0.138. The molecule has 1 atom stereocenters. The van der Waals surface area contributed by atoms with E-state index >= 15 is 0 Å². The average molecular weight is 214 g/mol. The predicted molar refractivity (Wildman–Crippen MR) is 59.8 cm³/mol. The maximum Gasteiger partial charge on any atom is 0.220 e. The Morgan fingerprint density at radius 1 is 1.40 bits per heavy atom. The molecule has 2 N–H and O–H groups in total. The number of nitrogens with one attached hydrogen (secondary N) is 2. The number of likely N-dealkylation sites (N-methyl/N-ethyl adjacent to an activating group) is 1. The second-order valence-corrected chi connectivity index (χ2v) is 3.98. The average Bonchev–Trinajstić information content (AvgIpc) is 2.28. The zero-order valence-corrected chi connectivity index (χ0v) is 9.55. The summed E-state index contributed by atoms with van der Waals surface area (Å²) in [7, 11) is 1.88. The van der Waals surface area contributed by atoms with Crippen LogP contribution in [0.5, 0.6) is 0 Å². The van der Waals surface area contributed by atoms with Crippen molar-refractivity contribution in [2.75, 3.05) is 26.7 Å². The first-order chi connectivity index (χ1) is 7.33. The molecule has 0 bridgehead atoms. The molecule has 0 spiro atoms. The summed E-state index contributed by atoms with van der Waals surface area (Å²) >= 11 is 0. The van der Waals surface area contributed by atoms with E-state index in [2.05, 4.69) is 10.6 Å². The molecule has 0 saturated carbocycles. The minimum absolute atomic E-state index is 0.138. The van der Waals surface area contributed by atoms with E-state index < -0.39 is 0 Å².